The molecule has 2 nitrogen and oxygen atoms in total. The molecule has 4 unspecified atom stereocenters. The first-order chi connectivity index (χ1) is 7.16. The molecular formula is C13H25NO. The third-order valence-electron chi connectivity index (χ3n) is 4.51. The molecule has 2 fully saturated rings. The molecule has 88 valence electrons. The first kappa shape index (κ1) is 11.4. The van der Waals surface area contributed by atoms with Gasteiger partial charge in [-0.2, -0.15) is 0 Å². The van der Waals surface area contributed by atoms with Gasteiger partial charge in [-0.1, -0.05) is 13.8 Å². The van der Waals surface area contributed by atoms with E-state index in [-0.39, 0.29) is 6.10 Å². The van der Waals surface area contributed by atoms with Crippen molar-refractivity contribution in [3.8, 4) is 0 Å². The number of nitrogens with zero attached hydrogens (tertiary/aromatic N) is 1. The number of hydrogen-bond donors (Lipinski definition) is 1. The van der Waals surface area contributed by atoms with Crippen LogP contribution >= 0.6 is 0 Å². The quantitative estimate of drug-likeness (QED) is 0.719. The van der Waals surface area contributed by atoms with Crippen LogP contribution in [0.15, 0.2) is 0 Å². The molecule has 0 bridgehead atoms. The first-order valence-corrected chi connectivity index (χ1v) is 6.59. The number of hydrogen-bond acceptors (Lipinski definition) is 2. The van der Waals surface area contributed by atoms with Crippen molar-refractivity contribution >= 4 is 0 Å². The van der Waals surface area contributed by atoms with Gasteiger partial charge in [0.25, 0.3) is 0 Å². The lowest BCUT2D eigenvalue weighted by atomic mass is 9.78. The van der Waals surface area contributed by atoms with Gasteiger partial charge in [0.15, 0.2) is 0 Å². The molecule has 0 amide bonds. The molecule has 1 aliphatic carbocycles. The molecule has 1 saturated carbocycles. The minimum absolute atomic E-state index is 0.0617. The van der Waals surface area contributed by atoms with Crippen LogP contribution in [0.3, 0.4) is 0 Å². The van der Waals surface area contributed by atoms with Crippen LogP contribution in [-0.4, -0.2) is 35.2 Å². The van der Waals surface area contributed by atoms with Crippen molar-refractivity contribution in [3.05, 3.63) is 0 Å². The number of rotatable bonds is 1. The summed E-state index contributed by atoms with van der Waals surface area (Å²) in [6, 6.07) is 0.756. The van der Waals surface area contributed by atoms with Crippen LogP contribution in [0.25, 0.3) is 0 Å². The smallest absolute Gasteiger partial charge is 0.0667 e. The Morgan fingerprint density at radius 2 is 1.87 bits per heavy atom. The van der Waals surface area contributed by atoms with Crippen molar-refractivity contribution in [2.45, 2.75) is 58.1 Å². The minimum Gasteiger partial charge on any atom is -0.392 e. The van der Waals surface area contributed by atoms with E-state index in [1.165, 1.54) is 32.2 Å². The van der Waals surface area contributed by atoms with E-state index >= 15 is 0 Å². The monoisotopic (exact) mass is 211 g/mol. The van der Waals surface area contributed by atoms with E-state index < -0.39 is 0 Å². The first-order valence-electron chi connectivity index (χ1n) is 6.59. The second-order valence-electron chi connectivity index (χ2n) is 5.71. The summed E-state index contributed by atoms with van der Waals surface area (Å²) in [4.78, 5) is 2.54. The van der Waals surface area contributed by atoms with Crippen molar-refractivity contribution in [1.29, 1.82) is 0 Å². The Bertz CT molecular complexity index is 207. The molecule has 0 aromatic carbocycles. The molecule has 2 heteroatoms. The van der Waals surface area contributed by atoms with E-state index in [9.17, 15) is 5.11 Å². The van der Waals surface area contributed by atoms with Crippen LogP contribution in [0, 0.1) is 11.8 Å². The van der Waals surface area contributed by atoms with Gasteiger partial charge >= 0.3 is 0 Å². The normalized spacial score (nSPS) is 44.2. The number of β-amino-alcohol motifs (C(OH)–C–C–N with tert-alkyl or cyclic N) is 1. The Kier molecular flexibility index (Phi) is 3.68. The fourth-order valence-corrected chi connectivity index (χ4v) is 3.17. The highest BCUT2D eigenvalue weighted by molar-refractivity contribution is 4.85. The summed E-state index contributed by atoms with van der Waals surface area (Å²) in [7, 11) is 0. The van der Waals surface area contributed by atoms with Gasteiger partial charge in [-0.05, 0) is 50.5 Å². The maximum absolute atomic E-state index is 9.69. The number of piperidine rings is 1. The summed E-state index contributed by atoms with van der Waals surface area (Å²) in [5.74, 6) is 1.76. The Hall–Kier alpha value is -0.0800. The largest absolute Gasteiger partial charge is 0.392 e. The second kappa shape index (κ2) is 4.84. The Labute approximate surface area is 93.7 Å². The summed E-state index contributed by atoms with van der Waals surface area (Å²) in [6.45, 7) is 6.90. The molecular weight excluding hydrogens is 186 g/mol. The SMILES string of the molecule is CC1CCC(N2CCCC(O)C2)CC1C. The molecule has 0 aromatic heterocycles. The molecule has 0 spiro atoms. The molecule has 0 radical (unpaired) electrons. The maximum Gasteiger partial charge on any atom is 0.0667 e. The molecule has 1 N–H and O–H groups in total. The lowest BCUT2D eigenvalue weighted by Crippen LogP contribution is -2.47. The summed E-state index contributed by atoms with van der Waals surface area (Å²) >= 11 is 0. The maximum atomic E-state index is 9.69. The fraction of sp³-hybridized carbons (Fsp3) is 1.00. The molecule has 2 aliphatic rings. The van der Waals surface area contributed by atoms with Crippen molar-refractivity contribution in [2.24, 2.45) is 11.8 Å². The van der Waals surface area contributed by atoms with Gasteiger partial charge in [-0.15, -0.1) is 0 Å². The zero-order valence-electron chi connectivity index (χ0n) is 10.2. The molecule has 15 heavy (non-hydrogen) atoms. The molecule has 1 saturated heterocycles. The summed E-state index contributed by atoms with van der Waals surface area (Å²) in [5.41, 5.74) is 0. The lowest BCUT2D eigenvalue weighted by Gasteiger charge is -2.42. The van der Waals surface area contributed by atoms with E-state index in [0.29, 0.717) is 0 Å². The van der Waals surface area contributed by atoms with Crippen LogP contribution in [0.2, 0.25) is 0 Å². The van der Waals surface area contributed by atoms with Gasteiger partial charge in [0.05, 0.1) is 6.10 Å². The van der Waals surface area contributed by atoms with Gasteiger partial charge in [-0.25, -0.2) is 0 Å². The van der Waals surface area contributed by atoms with E-state index in [1.54, 1.807) is 0 Å². The Balaban J connectivity index is 1.87. The van der Waals surface area contributed by atoms with E-state index in [0.717, 1.165) is 30.8 Å². The highest BCUT2D eigenvalue weighted by Crippen LogP contribution is 2.33. The van der Waals surface area contributed by atoms with Crippen LogP contribution in [-0.2, 0) is 0 Å². The average Bonchev–Trinajstić information content (AvgIpc) is 2.22. The zero-order chi connectivity index (χ0) is 10.8. The highest BCUT2D eigenvalue weighted by Gasteiger charge is 2.30. The van der Waals surface area contributed by atoms with Crippen LogP contribution in [0.4, 0.5) is 0 Å². The molecule has 0 aromatic rings. The summed E-state index contributed by atoms with van der Waals surface area (Å²) in [5, 5.41) is 9.69. The standard InChI is InChI=1S/C13H25NO/c1-10-5-6-12(8-11(10)2)14-7-3-4-13(15)9-14/h10-13,15H,3-9H2,1-2H3. The van der Waals surface area contributed by atoms with Crippen LogP contribution < -0.4 is 0 Å². The van der Waals surface area contributed by atoms with Crippen molar-refractivity contribution in [1.82, 2.24) is 4.90 Å². The summed E-state index contributed by atoms with van der Waals surface area (Å²) in [6.07, 6.45) is 6.19. The lowest BCUT2D eigenvalue weighted by molar-refractivity contribution is 0.0230. The molecule has 2 rings (SSSR count). The number of aliphatic hydroxyl groups is 1. The zero-order valence-corrected chi connectivity index (χ0v) is 10.2. The van der Waals surface area contributed by atoms with Crippen molar-refractivity contribution in [3.63, 3.8) is 0 Å². The minimum atomic E-state index is -0.0617. The van der Waals surface area contributed by atoms with Gasteiger partial charge in [-0.3, -0.25) is 4.90 Å². The summed E-state index contributed by atoms with van der Waals surface area (Å²) < 4.78 is 0. The predicted octanol–water partition coefficient (Wildman–Crippen LogP) is 2.27. The van der Waals surface area contributed by atoms with E-state index in [4.69, 9.17) is 0 Å². The number of aliphatic hydroxyl groups excluding tert-OH is 1. The van der Waals surface area contributed by atoms with Gasteiger partial charge in [0, 0.05) is 12.6 Å². The van der Waals surface area contributed by atoms with Crippen LogP contribution in [0.1, 0.15) is 46.0 Å². The third kappa shape index (κ3) is 2.73. The highest BCUT2D eigenvalue weighted by atomic mass is 16.3. The molecule has 4 atom stereocenters. The second-order valence-corrected chi connectivity index (χ2v) is 5.71. The fourth-order valence-electron chi connectivity index (χ4n) is 3.17. The van der Waals surface area contributed by atoms with Gasteiger partial charge < -0.3 is 5.11 Å². The third-order valence-corrected chi connectivity index (χ3v) is 4.51. The average molecular weight is 211 g/mol. The Morgan fingerprint density at radius 1 is 1.07 bits per heavy atom. The van der Waals surface area contributed by atoms with Gasteiger partial charge in [0.1, 0.15) is 0 Å². The van der Waals surface area contributed by atoms with E-state index in [2.05, 4.69) is 18.7 Å². The number of likely N-dealkylation sites (tertiary alicyclic amines) is 1. The predicted molar refractivity (Wildman–Crippen MR) is 62.8 cm³/mol. The molecule has 1 heterocycles. The Morgan fingerprint density at radius 3 is 2.53 bits per heavy atom. The van der Waals surface area contributed by atoms with Gasteiger partial charge in [0.2, 0.25) is 0 Å². The topological polar surface area (TPSA) is 23.5 Å². The van der Waals surface area contributed by atoms with Crippen molar-refractivity contribution in [2.75, 3.05) is 13.1 Å². The molecule has 1 aliphatic heterocycles. The van der Waals surface area contributed by atoms with Crippen LogP contribution in [0.5, 0.6) is 0 Å². The van der Waals surface area contributed by atoms with Crippen molar-refractivity contribution < 1.29 is 5.11 Å². The van der Waals surface area contributed by atoms with E-state index in [1.807, 2.05) is 0 Å².